The average molecular weight is 645 g/mol. The Hall–Kier alpha value is -6.50. The highest BCUT2D eigenvalue weighted by Crippen LogP contribution is 2.39. The molecule has 6 nitrogen and oxygen atoms in total. The molecule has 0 spiro atoms. The first kappa shape index (κ1) is 28.5. The number of hydrogen-bond donors (Lipinski definition) is 2. The second-order valence-corrected chi connectivity index (χ2v) is 12.8. The number of nitrogens with zero attached hydrogens (tertiary/aromatic N) is 4. The molecule has 0 radical (unpaired) electrons. The zero-order valence-electron chi connectivity index (χ0n) is 27.1. The van der Waals surface area contributed by atoms with Crippen molar-refractivity contribution >= 4 is 49.4 Å². The number of amidine groups is 1. The standard InChI is InChI=1S/C44H32N6/c1-4-14-29(15-5-1)42-46-43(30-16-6-2-7-17-30)48-44(47-42)31-24-33(28-45-27-31)50-39-23-13-11-21-35(39)37-25-36-34-20-10-12-22-38(34)49(40(36)26-41(37)50)32-18-8-3-9-19-32/h1-28,42-43,46H,(H,47,48). The van der Waals surface area contributed by atoms with E-state index < -0.39 is 0 Å². The zero-order chi connectivity index (χ0) is 33.0. The minimum atomic E-state index is -0.220. The van der Waals surface area contributed by atoms with Gasteiger partial charge in [-0.05, 0) is 53.6 Å². The van der Waals surface area contributed by atoms with E-state index in [-0.39, 0.29) is 12.3 Å². The van der Waals surface area contributed by atoms with Gasteiger partial charge in [0.15, 0.2) is 0 Å². The third-order valence-electron chi connectivity index (χ3n) is 9.85. The summed E-state index contributed by atoms with van der Waals surface area (Å²) in [5.74, 6) is 0.799. The number of rotatable bonds is 5. The number of pyridine rings is 1. The van der Waals surface area contributed by atoms with Crippen LogP contribution in [0.4, 0.5) is 0 Å². The normalized spacial score (nSPS) is 16.2. The number of aromatic nitrogens is 3. The highest BCUT2D eigenvalue weighted by molar-refractivity contribution is 6.19. The Balaban J connectivity index is 1.18. The molecule has 0 amide bonds. The van der Waals surface area contributed by atoms with Gasteiger partial charge in [-0.1, -0.05) is 115 Å². The lowest BCUT2D eigenvalue weighted by atomic mass is 10.1. The molecule has 6 aromatic carbocycles. The number of hydrogen-bond acceptors (Lipinski definition) is 4. The summed E-state index contributed by atoms with van der Waals surface area (Å²) >= 11 is 0. The van der Waals surface area contributed by atoms with E-state index in [1.165, 1.54) is 32.6 Å². The van der Waals surface area contributed by atoms with Crippen molar-refractivity contribution < 1.29 is 0 Å². The molecule has 10 rings (SSSR count). The van der Waals surface area contributed by atoms with Gasteiger partial charge in [-0.2, -0.15) is 0 Å². The van der Waals surface area contributed by atoms with Crippen molar-refractivity contribution in [2.75, 3.05) is 0 Å². The molecule has 2 N–H and O–H groups in total. The van der Waals surface area contributed by atoms with Gasteiger partial charge < -0.3 is 14.5 Å². The lowest BCUT2D eigenvalue weighted by molar-refractivity contribution is 0.409. The molecular formula is C44H32N6. The van der Waals surface area contributed by atoms with Crippen LogP contribution in [0.1, 0.15) is 29.0 Å². The molecule has 3 aromatic heterocycles. The molecule has 0 bridgehead atoms. The second kappa shape index (κ2) is 11.6. The summed E-state index contributed by atoms with van der Waals surface area (Å²) in [6.07, 6.45) is 3.52. The number of fused-ring (bicyclic) bond motifs is 6. The Morgan fingerprint density at radius 2 is 1.02 bits per heavy atom. The lowest BCUT2D eigenvalue weighted by Crippen LogP contribution is -2.45. The molecule has 1 aliphatic heterocycles. The molecule has 2 atom stereocenters. The lowest BCUT2D eigenvalue weighted by Gasteiger charge is -2.32. The first-order chi connectivity index (χ1) is 24.8. The first-order valence-electron chi connectivity index (χ1n) is 17.0. The van der Waals surface area contributed by atoms with Gasteiger partial charge in [-0.15, -0.1) is 0 Å². The van der Waals surface area contributed by atoms with Crippen LogP contribution in [0.5, 0.6) is 0 Å². The Bertz CT molecular complexity index is 2710. The maximum absolute atomic E-state index is 5.20. The van der Waals surface area contributed by atoms with Crippen molar-refractivity contribution in [1.29, 1.82) is 0 Å². The van der Waals surface area contributed by atoms with Crippen LogP contribution in [0.2, 0.25) is 0 Å². The monoisotopic (exact) mass is 644 g/mol. The van der Waals surface area contributed by atoms with E-state index in [0.717, 1.165) is 44.9 Å². The van der Waals surface area contributed by atoms with Crippen LogP contribution in [0.15, 0.2) is 175 Å². The summed E-state index contributed by atoms with van der Waals surface area (Å²) in [5.41, 5.74) is 9.91. The van der Waals surface area contributed by atoms with Gasteiger partial charge in [0.1, 0.15) is 18.2 Å². The fourth-order valence-electron chi connectivity index (χ4n) is 7.57. The molecule has 1 aliphatic rings. The highest BCUT2D eigenvalue weighted by Gasteiger charge is 2.26. The summed E-state index contributed by atoms with van der Waals surface area (Å²) in [6.45, 7) is 0. The maximum Gasteiger partial charge on any atom is 0.133 e. The van der Waals surface area contributed by atoms with Crippen LogP contribution in [-0.2, 0) is 0 Å². The largest absolute Gasteiger partial charge is 0.350 e. The average Bonchev–Trinajstić information content (AvgIpc) is 3.70. The predicted molar refractivity (Wildman–Crippen MR) is 204 cm³/mol. The molecule has 0 saturated carbocycles. The minimum absolute atomic E-state index is 0.126. The second-order valence-electron chi connectivity index (χ2n) is 12.8. The van der Waals surface area contributed by atoms with E-state index in [4.69, 9.17) is 9.98 Å². The minimum Gasteiger partial charge on any atom is -0.350 e. The number of para-hydroxylation sites is 3. The predicted octanol–water partition coefficient (Wildman–Crippen LogP) is 9.61. The van der Waals surface area contributed by atoms with Crippen molar-refractivity contribution in [1.82, 2.24) is 24.8 Å². The topological polar surface area (TPSA) is 59.2 Å². The Morgan fingerprint density at radius 3 is 1.68 bits per heavy atom. The number of benzene rings is 6. The van der Waals surface area contributed by atoms with Gasteiger partial charge in [0.25, 0.3) is 0 Å². The molecule has 0 saturated heterocycles. The number of nitrogens with one attached hydrogen (secondary N) is 2. The molecular weight excluding hydrogens is 613 g/mol. The Morgan fingerprint density at radius 1 is 0.460 bits per heavy atom. The fourth-order valence-corrected chi connectivity index (χ4v) is 7.57. The summed E-state index contributed by atoms with van der Waals surface area (Å²) < 4.78 is 4.72. The maximum atomic E-state index is 5.20. The quantitative estimate of drug-likeness (QED) is 0.196. The van der Waals surface area contributed by atoms with Crippen LogP contribution in [0, 0.1) is 0 Å². The fraction of sp³-hybridized carbons (Fsp3) is 0.0455. The molecule has 0 fully saturated rings. The SMILES string of the molecule is c1ccc(C2N=C(c3cncc(-n4c5ccccc5c5cc6c7ccccc7n(-c7ccccc7)c6cc54)c3)NC(c3ccccc3)N2)cc1. The summed E-state index contributed by atoms with van der Waals surface area (Å²) in [4.78, 5) is 10.0. The highest BCUT2D eigenvalue weighted by atomic mass is 15.3. The molecule has 6 heteroatoms. The van der Waals surface area contributed by atoms with Crippen molar-refractivity contribution in [2.45, 2.75) is 12.3 Å². The summed E-state index contributed by atoms with van der Waals surface area (Å²) in [6, 6.07) is 55.8. The summed E-state index contributed by atoms with van der Waals surface area (Å²) in [5, 5.41) is 12.3. The number of aliphatic imine (C=N–C) groups is 1. The van der Waals surface area contributed by atoms with Crippen molar-refractivity contribution in [2.24, 2.45) is 4.99 Å². The third-order valence-corrected chi connectivity index (χ3v) is 9.85. The summed E-state index contributed by atoms with van der Waals surface area (Å²) in [7, 11) is 0. The van der Waals surface area contributed by atoms with E-state index in [1.807, 2.05) is 24.5 Å². The van der Waals surface area contributed by atoms with Crippen LogP contribution in [-0.4, -0.2) is 20.0 Å². The van der Waals surface area contributed by atoms with Crippen molar-refractivity contribution in [3.05, 3.63) is 187 Å². The van der Waals surface area contributed by atoms with E-state index in [0.29, 0.717) is 0 Å². The van der Waals surface area contributed by atoms with Crippen LogP contribution >= 0.6 is 0 Å². The van der Waals surface area contributed by atoms with Crippen LogP contribution in [0.3, 0.4) is 0 Å². The van der Waals surface area contributed by atoms with Crippen LogP contribution in [0.25, 0.3) is 55.0 Å². The van der Waals surface area contributed by atoms with Crippen LogP contribution < -0.4 is 10.6 Å². The zero-order valence-corrected chi connectivity index (χ0v) is 27.1. The van der Waals surface area contributed by atoms with Crippen molar-refractivity contribution in [3.8, 4) is 11.4 Å². The van der Waals surface area contributed by atoms with E-state index >= 15 is 0 Å². The van der Waals surface area contributed by atoms with E-state index in [2.05, 4.69) is 165 Å². The third kappa shape index (κ3) is 4.61. The van der Waals surface area contributed by atoms with E-state index in [1.54, 1.807) is 0 Å². The van der Waals surface area contributed by atoms with Gasteiger partial charge >= 0.3 is 0 Å². The van der Waals surface area contributed by atoms with E-state index in [9.17, 15) is 0 Å². The van der Waals surface area contributed by atoms with Gasteiger partial charge in [0, 0.05) is 39.0 Å². The van der Waals surface area contributed by atoms with Crippen molar-refractivity contribution in [3.63, 3.8) is 0 Å². The van der Waals surface area contributed by atoms with Gasteiger partial charge in [0.05, 0.1) is 34.0 Å². The van der Waals surface area contributed by atoms with Gasteiger partial charge in [0.2, 0.25) is 0 Å². The molecule has 50 heavy (non-hydrogen) atoms. The Kier molecular flexibility index (Phi) is 6.60. The molecule has 0 aliphatic carbocycles. The molecule has 4 heterocycles. The molecule has 2 unspecified atom stereocenters. The molecule has 9 aromatic rings. The van der Waals surface area contributed by atoms with Gasteiger partial charge in [-0.25, -0.2) is 4.99 Å². The smallest absolute Gasteiger partial charge is 0.133 e. The van der Waals surface area contributed by atoms with Gasteiger partial charge in [-0.3, -0.25) is 10.3 Å². The Labute approximate surface area is 289 Å². The molecule has 238 valence electrons. The first-order valence-corrected chi connectivity index (χ1v) is 17.0.